The number of aryl methyl sites for hydroxylation is 1. The third-order valence-corrected chi connectivity index (χ3v) is 6.08. The fraction of sp³-hybridized carbons (Fsp3) is 0.455. The highest BCUT2D eigenvalue weighted by Gasteiger charge is 2.46. The molecule has 1 aliphatic carbocycles. The van der Waals surface area contributed by atoms with Gasteiger partial charge in [-0.3, -0.25) is 9.78 Å². The number of nitrogens with zero attached hydrogens (tertiary/aromatic N) is 3. The first kappa shape index (κ1) is 22.4. The van der Waals surface area contributed by atoms with Crippen LogP contribution in [0.3, 0.4) is 0 Å². The van der Waals surface area contributed by atoms with Crippen molar-refractivity contribution in [2.24, 2.45) is 5.92 Å². The largest absolute Gasteiger partial charge is 0.433 e. The molecule has 2 atom stereocenters. The van der Waals surface area contributed by atoms with Gasteiger partial charge >= 0.3 is 12.4 Å². The molecule has 172 valence electrons. The van der Waals surface area contributed by atoms with Crippen molar-refractivity contribution in [3.8, 4) is 0 Å². The quantitative estimate of drug-likeness (QED) is 0.617. The van der Waals surface area contributed by atoms with E-state index in [0.29, 0.717) is 43.9 Å². The lowest BCUT2D eigenvalue weighted by atomic mass is 10.1. The summed E-state index contributed by atoms with van der Waals surface area (Å²) in [5, 5.41) is 0. The molecule has 0 bridgehead atoms. The van der Waals surface area contributed by atoms with Crippen LogP contribution in [0.1, 0.15) is 34.7 Å². The van der Waals surface area contributed by atoms with E-state index in [1.165, 1.54) is 18.3 Å². The Hall–Kier alpha value is -2.78. The van der Waals surface area contributed by atoms with Crippen LogP contribution in [0.4, 0.5) is 32.0 Å². The van der Waals surface area contributed by atoms with Gasteiger partial charge in [-0.2, -0.15) is 26.3 Å². The Kier molecular flexibility index (Phi) is 5.58. The number of pyridine rings is 1. The molecule has 4 rings (SSSR count). The van der Waals surface area contributed by atoms with Gasteiger partial charge in [-0.05, 0) is 48.6 Å². The van der Waals surface area contributed by atoms with Crippen molar-refractivity contribution in [3.05, 3.63) is 58.9 Å². The van der Waals surface area contributed by atoms with E-state index < -0.39 is 23.6 Å². The summed E-state index contributed by atoms with van der Waals surface area (Å²) in [4.78, 5) is 19.8. The summed E-state index contributed by atoms with van der Waals surface area (Å²) in [6, 6.07) is 5.93. The Morgan fingerprint density at radius 3 is 2.22 bits per heavy atom. The first-order valence-electron chi connectivity index (χ1n) is 10.2. The number of aromatic nitrogens is 1. The number of hydrogen-bond acceptors (Lipinski definition) is 3. The Morgan fingerprint density at radius 1 is 0.969 bits per heavy atom. The lowest BCUT2D eigenvalue weighted by Gasteiger charge is -2.37. The number of hydrogen-bond donors (Lipinski definition) is 0. The van der Waals surface area contributed by atoms with Gasteiger partial charge in [0.25, 0.3) is 0 Å². The van der Waals surface area contributed by atoms with Gasteiger partial charge in [0.2, 0.25) is 5.91 Å². The Bertz CT molecular complexity index is 994. The fourth-order valence-electron chi connectivity index (χ4n) is 4.16. The molecule has 1 aromatic heterocycles. The van der Waals surface area contributed by atoms with E-state index in [1.54, 1.807) is 11.8 Å². The molecular weight excluding hydrogens is 436 g/mol. The first-order chi connectivity index (χ1) is 14.9. The van der Waals surface area contributed by atoms with Crippen LogP contribution in [0.5, 0.6) is 0 Å². The molecule has 2 aliphatic rings. The van der Waals surface area contributed by atoms with E-state index in [4.69, 9.17) is 0 Å². The van der Waals surface area contributed by atoms with Crippen LogP contribution in [0, 0.1) is 12.8 Å². The second-order valence-corrected chi connectivity index (χ2v) is 8.23. The van der Waals surface area contributed by atoms with E-state index in [-0.39, 0.29) is 17.7 Å². The number of carbonyl (C=O) groups is 1. The molecule has 1 aromatic carbocycles. The Morgan fingerprint density at radius 2 is 1.66 bits per heavy atom. The summed E-state index contributed by atoms with van der Waals surface area (Å²) in [7, 11) is 0. The lowest BCUT2D eigenvalue weighted by molar-refractivity contribution is -0.141. The number of halogens is 6. The van der Waals surface area contributed by atoms with Crippen LogP contribution < -0.4 is 4.90 Å². The molecule has 32 heavy (non-hydrogen) atoms. The molecule has 0 radical (unpaired) electrons. The topological polar surface area (TPSA) is 36.4 Å². The minimum absolute atomic E-state index is 0.0738. The summed E-state index contributed by atoms with van der Waals surface area (Å²) in [5.74, 6) is -0.522. The summed E-state index contributed by atoms with van der Waals surface area (Å²) in [6.07, 6.45) is -7.20. The highest BCUT2D eigenvalue weighted by Crippen LogP contribution is 2.48. The van der Waals surface area contributed by atoms with Crippen molar-refractivity contribution < 1.29 is 31.1 Å². The molecule has 0 unspecified atom stereocenters. The predicted octanol–water partition coefficient (Wildman–Crippen LogP) is 4.88. The standard InChI is InChI=1S/C22H21F6N3O/c1-13-2-4-15(21(23,24)25)10-18(13)30-6-8-31(9-7-30)20(32)17-11-16(17)14-3-5-19(29-12-14)22(26,27)28/h2-5,10,12,16-17H,6-9,11H2,1H3/t16-,17-/m0/s1. The molecule has 1 amide bonds. The summed E-state index contributed by atoms with van der Waals surface area (Å²) >= 11 is 0. The molecule has 2 heterocycles. The highest BCUT2D eigenvalue weighted by atomic mass is 19.4. The van der Waals surface area contributed by atoms with E-state index >= 15 is 0 Å². The summed E-state index contributed by atoms with van der Waals surface area (Å²) in [5.41, 5.74) is 0.171. The van der Waals surface area contributed by atoms with Gasteiger partial charge in [0, 0.05) is 44.0 Å². The smallest absolute Gasteiger partial charge is 0.368 e. The van der Waals surface area contributed by atoms with E-state index in [1.807, 2.05) is 4.90 Å². The predicted molar refractivity (Wildman–Crippen MR) is 105 cm³/mol. The number of piperazine rings is 1. The molecule has 1 saturated heterocycles. The van der Waals surface area contributed by atoms with Crippen LogP contribution in [-0.2, 0) is 17.1 Å². The maximum Gasteiger partial charge on any atom is 0.433 e. The Balaban J connectivity index is 1.36. The molecule has 1 aliphatic heterocycles. The molecule has 2 fully saturated rings. The van der Waals surface area contributed by atoms with Crippen LogP contribution >= 0.6 is 0 Å². The molecule has 2 aromatic rings. The zero-order valence-electron chi connectivity index (χ0n) is 17.2. The third-order valence-electron chi connectivity index (χ3n) is 6.08. The van der Waals surface area contributed by atoms with Gasteiger partial charge in [-0.25, -0.2) is 0 Å². The second kappa shape index (κ2) is 7.97. The minimum atomic E-state index is -4.51. The van der Waals surface area contributed by atoms with Gasteiger partial charge in [0.1, 0.15) is 5.69 Å². The molecule has 10 heteroatoms. The monoisotopic (exact) mass is 457 g/mol. The number of rotatable bonds is 3. The van der Waals surface area contributed by atoms with E-state index in [9.17, 15) is 31.1 Å². The van der Waals surface area contributed by atoms with Crippen molar-refractivity contribution in [1.82, 2.24) is 9.88 Å². The molecule has 1 saturated carbocycles. The van der Waals surface area contributed by atoms with E-state index in [0.717, 1.165) is 23.8 Å². The zero-order valence-corrected chi connectivity index (χ0v) is 17.2. The maximum absolute atomic E-state index is 13.1. The van der Waals surface area contributed by atoms with Crippen molar-refractivity contribution in [2.45, 2.75) is 31.6 Å². The number of amides is 1. The summed E-state index contributed by atoms with van der Waals surface area (Å²) in [6.45, 7) is 3.33. The van der Waals surface area contributed by atoms with Gasteiger partial charge < -0.3 is 9.80 Å². The van der Waals surface area contributed by atoms with Crippen LogP contribution in [0.25, 0.3) is 0 Å². The summed E-state index contributed by atoms with van der Waals surface area (Å²) < 4.78 is 77.1. The maximum atomic E-state index is 13.1. The highest BCUT2D eigenvalue weighted by molar-refractivity contribution is 5.83. The van der Waals surface area contributed by atoms with Crippen LogP contribution in [-0.4, -0.2) is 42.0 Å². The molecular formula is C22H21F6N3O. The number of carbonyl (C=O) groups excluding carboxylic acids is 1. The second-order valence-electron chi connectivity index (χ2n) is 8.23. The first-order valence-corrected chi connectivity index (χ1v) is 10.2. The molecule has 0 spiro atoms. The lowest BCUT2D eigenvalue weighted by Crippen LogP contribution is -2.49. The minimum Gasteiger partial charge on any atom is -0.368 e. The van der Waals surface area contributed by atoms with Crippen LogP contribution in [0.15, 0.2) is 36.5 Å². The number of alkyl halides is 6. The fourth-order valence-corrected chi connectivity index (χ4v) is 4.16. The van der Waals surface area contributed by atoms with Gasteiger partial charge in [-0.15, -0.1) is 0 Å². The van der Waals surface area contributed by atoms with Gasteiger partial charge in [0.05, 0.1) is 5.56 Å². The third kappa shape index (κ3) is 4.54. The van der Waals surface area contributed by atoms with Crippen molar-refractivity contribution in [2.75, 3.05) is 31.1 Å². The van der Waals surface area contributed by atoms with Crippen molar-refractivity contribution in [1.29, 1.82) is 0 Å². The molecule has 0 N–H and O–H groups in total. The normalized spacial score (nSPS) is 21.6. The average Bonchev–Trinajstić information content (AvgIpc) is 3.53. The molecule has 4 nitrogen and oxygen atoms in total. The average molecular weight is 457 g/mol. The SMILES string of the molecule is Cc1ccc(C(F)(F)F)cc1N1CCN(C(=O)[C@H]2C[C@H]2c2ccc(C(F)(F)F)nc2)CC1. The number of benzene rings is 1. The van der Waals surface area contributed by atoms with Gasteiger partial charge in [-0.1, -0.05) is 12.1 Å². The van der Waals surface area contributed by atoms with Crippen molar-refractivity contribution in [3.63, 3.8) is 0 Å². The van der Waals surface area contributed by atoms with E-state index in [2.05, 4.69) is 4.98 Å². The van der Waals surface area contributed by atoms with Crippen LogP contribution in [0.2, 0.25) is 0 Å². The number of anilines is 1. The zero-order chi connectivity index (χ0) is 23.3. The van der Waals surface area contributed by atoms with Gasteiger partial charge in [0.15, 0.2) is 0 Å². The van der Waals surface area contributed by atoms with Crippen molar-refractivity contribution >= 4 is 11.6 Å². The Labute approximate surface area is 180 Å².